The third-order valence-corrected chi connectivity index (χ3v) is 4.02. The van der Waals surface area contributed by atoms with E-state index in [1.165, 1.54) is 7.11 Å². The number of hydrogen-bond donors (Lipinski definition) is 1. The Bertz CT molecular complexity index is 349. The number of carbonyl (C=O) groups excluding carboxylic acids is 2. The summed E-state index contributed by atoms with van der Waals surface area (Å²) in [5.74, 6) is 0.270. The third-order valence-electron chi connectivity index (χ3n) is 4.02. The molecule has 0 spiro atoms. The van der Waals surface area contributed by atoms with Crippen molar-refractivity contribution >= 4 is 11.9 Å². The lowest BCUT2D eigenvalue weighted by atomic mass is 9.89. The van der Waals surface area contributed by atoms with Gasteiger partial charge in [-0.2, -0.15) is 0 Å². The van der Waals surface area contributed by atoms with Crippen LogP contribution in [-0.4, -0.2) is 49.1 Å². The number of nitrogens with one attached hydrogen (secondary N) is 1. The molecule has 0 aromatic rings. The van der Waals surface area contributed by atoms with E-state index < -0.39 is 5.54 Å². The standard InChI is InChI=1S/C16H30N2O3/c1-5-8-16(9-6-10-17-16)15(20)18(12-13(2)3)11-7-14(19)21-4/h13,17H,5-12H2,1-4H3. The van der Waals surface area contributed by atoms with E-state index in [0.29, 0.717) is 19.0 Å². The number of hydrogen-bond acceptors (Lipinski definition) is 4. The van der Waals surface area contributed by atoms with E-state index in [1.54, 1.807) is 0 Å². The highest BCUT2D eigenvalue weighted by molar-refractivity contribution is 5.87. The van der Waals surface area contributed by atoms with Crippen molar-refractivity contribution in [3.63, 3.8) is 0 Å². The molecule has 0 aromatic carbocycles. The van der Waals surface area contributed by atoms with Gasteiger partial charge < -0.3 is 15.0 Å². The maximum absolute atomic E-state index is 13.0. The van der Waals surface area contributed by atoms with Crippen LogP contribution in [0.4, 0.5) is 0 Å². The van der Waals surface area contributed by atoms with E-state index >= 15 is 0 Å². The van der Waals surface area contributed by atoms with Crippen molar-refractivity contribution in [2.75, 3.05) is 26.7 Å². The summed E-state index contributed by atoms with van der Waals surface area (Å²) in [6.45, 7) is 8.31. The molecule has 0 aliphatic carbocycles. The van der Waals surface area contributed by atoms with Gasteiger partial charge in [-0.25, -0.2) is 0 Å². The molecule has 21 heavy (non-hydrogen) atoms. The number of esters is 1. The van der Waals surface area contributed by atoms with Crippen LogP contribution in [0.15, 0.2) is 0 Å². The number of carbonyl (C=O) groups is 2. The van der Waals surface area contributed by atoms with Crippen molar-refractivity contribution in [3.8, 4) is 0 Å². The summed E-state index contributed by atoms with van der Waals surface area (Å²) in [5, 5.41) is 3.42. The number of amides is 1. The maximum atomic E-state index is 13.0. The van der Waals surface area contributed by atoms with Crippen LogP contribution < -0.4 is 5.32 Å². The van der Waals surface area contributed by atoms with Gasteiger partial charge in [-0.1, -0.05) is 27.2 Å². The molecule has 5 nitrogen and oxygen atoms in total. The van der Waals surface area contributed by atoms with Gasteiger partial charge in [0.25, 0.3) is 0 Å². The Morgan fingerprint density at radius 2 is 2.10 bits per heavy atom. The van der Waals surface area contributed by atoms with E-state index in [9.17, 15) is 9.59 Å². The van der Waals surface area contributed by atoms with Crippen LogP contribution >= 0.6 is 0 Å². The molecule has 1 unspecified atom stereocenters. The summed E-state index contributed by atoms with van der Waals surface area (Å²) in [6, 6.07) is 0. The molecule has 1 N–H and O–H groups in total. The second-order valence-electron chi connectivity index (χ2n) is 6.33. The SMILES string of the molecule is CCCC1(C(=O)N(CCC(=O)OC)CC(C)C)CCCN1. The van der Waals surface area contributed by atoms with Crippen molar-refractivity contribution in [1.29, 1.82) is 0 Å². The first-order valence-electron chi connectivity index (χ1n) is 8.06. The molecule has 1 atom stereocenters. The first-order valence-corrected chi connectivity index (χ1v) is 8.06. The van der Waals surface area contributed by atoms with Crippen molar-refractivity contribution in [3.05, 3.63) is 0 Å². The second-order valence-corrected chi connectivity index (χ2v) is 6.33. The second kappa shape index (κ2) is 8.37. The van der Waals surface area contributed by atoms with Crippen LogP contribution in [0.2, 0.25) is 0 Å². The zero-order chi connectivity index (χ0) is 15.9. The summed E-state index contributed by atoms with van der Waals surface area (Å²) in [4.78, 5) is 26.2. The lowest BCUT2D eigenvalue weighted by molar-refractivity contribution is -0.143. The van der Waals surface area contributed by atoms with Crippen LogP contribution in [0.3, 0.4) is 0 Å². The van der Waals surface area contributed by atoms with E-state index in [0.717, 1.165) is 32.2 Å². The molecule has 1 rings (SSSR count). The molecule has 0 aromatic heterocycles. The van der Waals surface area contributed by atoms with Gasteiger partial charge in [0.05, 0.1) is 19.1 Å². The molecule has 1 saturated heterocycles. The Balaban J connectivity index is 2.79. The Morgan fingerprint density at radius 3 is 2.57 bits per heavy atom. The normalized spacial score (nSPS) is 21.6. The van der Waals surface area contributed by atoms with Gasteiger partial charge >= 0.3 is 5.97 Å². The van der Waals surface area contributed by atoms with Gasteiger partial charge in [-0.05, 0) is 31.7 Å². The Hall–Kier alpha value is -1.10. The highest BCUT2D eigenvalue weighted by Crippen LogP contribution is 2.27. The predicted octanol–water partition coefficient (Wildman–Crippen LogP) is 1.96. The molecular formula is C16H30N2O3. The first-order chi connectivity index (χ1) is 9.95. The molecule has 0 bridgehead atoms. The van der Waals surface area contributed by atoms with E-state index in [-0.39, 0.29) is 18.3 Å². The minimum Gasteiger partial charge on any atom is -0.469 e. The van der Waals surface area contributed by atoms with Crippen molar-refractivity contribution in [2.45, 2.75) is 58.4 Å². The largest absolute Gasteiger partial charge is 0.469 e. The maximum Gasteiger partial charge on any atom is 0.307 e. The lowest BCUT2D eigenvalue weighted by Crippen LogP contribution is -2.55. The van der Waals surface area contributed by atoms with Crippen LogP contribution in [0, 0.1) is 5.92 Å². The number of ether oxygens (including phenoxy) is 1. The molecule has 122 valence electrons. The fraction of sp³-hybridized carbons (Fsp3) is 0.875. The van der Waals surface area contributed by atoms with E-state index in [2.05, 4.69) is 26.1 Å². The molecule has 1 aliphatic heterocycles. The van der Waals surface area contributed by atoms with Crippen LogP contribution in [-0.2, 0) is 14.3 Å². The fourth-order valence-electron chi connectivity index (χ4n) is 3.08. The Kier molecular flexibility index (Phi) is 7.15. The monoisotopic (exact) mass is 298 g/mol. The van der Waals surface area contributed by atoms with Crippen molar-refractivity contribution < 1.29 is 14.3 Å². The van der Waals surface area contributed by atoms with E-state index in [1.807, 2.05) is 4.90 Å². The van der Waals surface area contributed by atoms with Gasteiger partial charge in [-0.3, -0.25) is 9.59 Å². The first kappa shape index (κ1) is 18.0. The predicted molar refractivity (Wildman–Crippen MR) is 82.9 cm³/mol. The Labute approximate surface area is 128 Å². The molecule has 0 saturated carbocycles. The fourth-order valence-corrected chi connectivity index (χ4v) is 3.08. The average Bonchev–Trinajstić information content (AvgIpc) is 2.92. The topological polar surface area (TPSA) is 58.6 Å². The summed E-state index contributed by atoms with van der Waals surface area (Å²) in [5.41, 5.74) is -0.417. The Morgan fingerprint density at radius 1 is 1.38 bits per heavy atom. The van der Waals surface area contributed by atoms with Gasteiger partial charge in [0.1, 0.15) is 0 Å². The van der Waals surface area contributed by atoms with Gasteiger partial charge in [0.2, 0.25) is 5.91 Å². The van der Waals surface area contributed by atoms with E-state index in [4.69, 9.17) is 4.74 Å². The summed E-state index contributed by atoms with van der Waals surface area (Å²) < 4.78 is 4.69. The highest BCUT2D eigenvalue weighted by Gasteiger charge is 2.42. The number of rotatable bonds is 8. The van der Waals surface area contributed by atoms with Crippen LogP contribution in [0.5, 0.6) is 0 Å². The van der Waals surface area contributed by atoms with Crippen LogP contribution in [0.1, 0.15) is 52.9 Å². The highest BCUT2D eigenvalue weighted by atomic mass is 16.5. The molecule has 5 heteroatoms. The number of nitrogens with zero attached hydrogens (tertiary/aromatic N) is 1. The molecule has 1 heterocycles. The number of methoxy groups -OCH3 is 1. The lowest BCUT2D eigenvalue weighted by Gasteiger charge is -2.35. The third kappa shape index (κ3) is 4.99. The average molecular weight is 298 g/mol. The molecule has 1 amide bonds. The van der Waals surface area contributed by atoms with Crippen molar-refractivity contribution in [2.24, 2.45) is 5.92 Å². The molecule has 0 radical (unpaired) electrons. The van der Waals surface area contributed by atoms with Gasteiger partial charge in [0, 0.05) is 13.1 Å². The van der Waals surface area contributed by atoms with Crippen molar-refractivity contribution in [1.82, 2.24) is 10.2 Å². The smallest absolute Gasteiger partial charge is 0.307 e. The summed E-state index contributed by atoms with van der Waals surface area (Å²) in [6.07, 6.45) is 4.03. The molecule has 1 fully saturated rings. The van der Waals surface area contributed by atoms with Gasteiger partial charge in [0.15, 0.2) is 0 Å². The zero-order valence-electron chi connectivity index (χ0n) is 13.9. The van der Waals surface area contributed by atoms with Gasteiger partial charge in [-0.15, -0.1) is 0 Å². The molecule has 1 aliphatic rings. The zero-order valence-corrected chi connectivity index (χ0v) is 13.9. The van der Waals surface area contributed by atoms with Crippen LogP contribution in [0.25, 0.3) is 0 Å². The minimum absolute atomic E-state index is 0.152. The summed E-state index contributed by atoms with van der Waals surface area (Å²) in [7, 11) is 1.38. The minimum atomic E-state index is -0.417. The summed E-state index contributed by atoms with van der Waals surface area (Å²) >= 11 is 0. The molecular weight excluding hydrogens is 268 g/mol. The quantitative estimate of drug-likeness (QED) is 0.696.